The summed E-state index contributed by atoms with van der Waals surface area (Å²) < 4.78 is 7.37. The highest BCUT2D eigenvalue weighted by Crippen LogP contribution is 2.33. The molecule has 2 heterocycles. The number of nitrogens with zero attached hydrogens (tertiary/aromatic N) is 2. The first-order chi connectivity index (χ1) is 15.6. The molecule has 0 fully saturated rings. The fraction of sp³-hybridized carbons (Fsp3) is 0.250. The molecule has 172 valence electrons. The van der Waals surface area contributed by atoms with Crippen LogP contribution >= 0.6 is 34.8 Å². The van der Waals surface area contributed by atoms with Crippen LogP contribution in [-0.2, 0) is 11.3 Å². The van der Waals surface area contributed by atoms with E-state index in [9.17, 15) is 4.79 Å². The smallest absolute Gasteiger partial charge is 0.407 e. The fourth-order valence-electron chi connectivity index (χ4n) is 3.58. The van der Waals surface area contributed by atoms with Crippen molar-refractivity contribution in [1.82, 2.24) is 14.9 Å². The second-order valence-electron chi connectivity index (χ2n) is 8.59. The molecule has 0 radical (unpaired) electrons. The van der Waals surface area contributed by atoms with E-state index < -0.39 is 11.7 Å². The summed E-state index contributed by atoms with van der Waals surface area (Å²) in [5, 5.41) is 9.60. The number of benzene rings is 2. The lowest BCUT2D eigenvalue weighted by atomic mass is 10.1. The van der Waals surface area contributed by atoms with Gasteiger partial charge < -0.3 is 19.9 Å². The second kappa shape index (κ2) is 9.29. The third kappa shape index (κ3) is 5.46. The number of nitrogens with one attached hydrogen (secondary N) is 2. The highest BCUT2D eigenvalue weighted by Gasteiger charge is 2.17. The van der Waals surface area contributed by atoms with Crippen LogP contribution in [-0.4, -0.2) is 27.8 Å². The maximum absolute atomic E-state index is 12.0. The number of hydrogen-bond donors (Lipinski definition) is 2. The standard InChI is InChI=1S/C24H23Cl3N4O2/c1-24(2,3)33-23(32)28-8-9-31-21-7-5-15(30-16-4-6-19(26)20(27)12-16)11-17(21)18-10-14(25)13-29-22(18)31/h4-7,10-13,30H,8-9H2,1-3H3,(H,28,32). The molecule has 9 heteroatoms. The van der Waals surface area contributed by atoms with Crippen LogP contribution in [0.4, 0.5) is 16.2 Å². The molecule has 0 aliphatic rings. The number of alkyl carbamates (subject to hydrolysis) is 1. The van der Waals surface area contributed by atoms with E-state index in [0.717, 1.165) is 33.3 Å². The van der Waals surface area contributed by atoms with Crippen LogP contribution in [0.2, 0.25) is 15.1 Å². The largest absolute Gasteiger partial charge is 0.444 e. The molecule has 2 N–H and O–H groups in total. The quantitative estimate of drug-likeness (QED) is 0.296. The van der Waals surface area contributed by atoms with E-state index in [1.54, 1.807) is 18.3 Å². The van der Waals surface area contributed by atoms with Gasteiger partial charge in [-0.1, -0.05) is 34.8 Å². The van der Waals surface area contributed by atoms with Crippen molar-refractivity contribution in [3.8, 4) is 0 Å². The number of carbonyl (C=O) groups excluding carboxylic acids is 1. The van der Waals surface area contributed by atoms with Crippen LogP contribution in [0.15, 0.2) is 48.7 Å². The number of rotatable bonds is 5. The Kier molecular flexibility index (Phi) is 6.61. The summed E-state index contributed by atoms with van der Waals surface area (Å²) in [6.45, 7) is 6.40. The monoisotopic (exact) mass is 504 g/mol. The summed E-state index contributed by atoms with van der Waals surface area (Å²) >= 11 is 18.4. The molecular formula is C24H23Cl3N4O2. The number of halogens is 3. The number of fused-ring (bicyclic) bond motifs is 3. The average molecular weight is 506 g/mol. The Hall–Kier alpha value is -2.67. The zero-order valence-corrected chi connectivity index (χ0v) is 20.6. The Bertz CT molecular complexity index is 1350. The Labute approximate surface area is 206 Å². The minimum absolute atomic E-state index is 0.390. The third-order valence-electron chi connectivity index (χ3n) is 4.88. The molecule has 1 amide bonds. The van der Waals surface area contributed by atoms with Crippen LogP contribution in [0.1, 0.15) is 20.8 Å². The summed E-state index contributed by atoms with van der Waals surface area (Å²) in [5.74, 6) is 0. The molecule has 0 unspecified atom stereocenters. The van der Waals surface area contributed by atoms with Crippen LogP contribution in [0.3, 0.4) is 0 Å². The van der Waals surface area contributed by atoms with Gasteiger partial charge in [0.15, 0.2) is 0 Å². The summed E-state index contributed by atoms with van der Waals surface area (Å²) in [6, 6.07) is 13.3. The number of pyridine rings is 1. The van der Waals surface area contributed by atoms with Gasteiger partial charge in [-0.3, -0.25) is 0 Å². The molecule has 0 spiro atoms. The summed E-state index contributed by atoms with van der Waals surface area (Å²) in [6.07, 6.45) is 1.17. The molecule has 6 nitrogen and oxygen atoms in total. The average Bonchev–Trinajstić information content (AvgIpc) is 3.02. The molecule has 0 aliphatic carbocycles. The lowest BCUT2D eigenvalue weighted by Gasteiger charge is -2.19. The normalized spacial score (nSPS) is 11.7. The molecule has 2 aromatic carbocycles. The Morgan fingerprint density at radius 3 is 2.45 bits per heavy atom. The van der Waals surface area contributed by atoms with Gasteiger partial charge >= 0.3 is 6.09 Å². The summed E-state index contributed by atoms with van der Waals surface area (Å²) in [4.78, 5) is 16.6. The van der Waals surface area contributed by atoms with Crippen molar-refractivity contribution in [3.63, 3.8) is 0 Å². The predicted molar refractivity (Wildman–Crippen MR) is 136 cm³/mol. The van der Waals surface area contributed by atoms with E-state index in [1.165, 1.54) is 0 Å². The van der Waals surface area contributed by atoms with Gasteiger partial charge in [-0.25, -0.2) is 9.78 Å². The van der Waals surface area contributed by atoms with Crippen LogP contribution in [0.25, 0.3) is 21.9 Å². The Morgan fingerprint density at radius 1 is 1.00 bits per heavy atom. The molecule has 0 atom stereocenters. The van der Waals surface area contributed by atoms with Crippen molar-refractivity contribution < 1.29 is 9.53 Å². The lowest BCUT2D eigenvalue weighted by Crippen LogP contribution is -2.34. The first-order valence-corrected chi connectivity index (χ1v) is 11.5. The number of anilines is 2. The molecule has 0 saturated heterocycles. The van der Waals surface area contributed by atoms with Gasteiger partial charge in [0.25, 0.3) is 0 Å². The van der Waals surface area contributed by atoms with E-state index in [-0.39, 0.29) is 0 Å². The highest BCUT2D eigenvalue weighted by atomic mass is 35.5. The van der Waals surface area contributed by atoms with Crippen molar-refractivity contribution in [2.75, 3.05) is 11.9 Å². The number of aromatic nitrogens is 2. The van der Waals surface area contributed by atoms with Crippen LogP contribution in [0, 0.1) is 0 Å². The number of amides is 1. The maximum atomic E-state index is 12.0. The molecule has 0 saturated carbocycles. The van der Waals surface area contributed by atoms with Crippen molar-refractivity contribution in [2.45, 2.75) is 32.9 Å². The molecule has 2 aromatic heterocycles. The van der Waals surface area contributed by atoms with E-state index in [2.05, 4.69) is 20.2 Å². The third-order valence-corrected chi connectivity index (χ3v) is 5.82. The van der Waals surface area contributed by atoms with Gasteiger partial charge in [0.05, 0.1) is 20.6 Å². The van der Waals surface area contributed by atoms with E-state index in [1.807, 2.05) is 51.1 Å². The van der Waals surface area contributed by atoms with Gasteiger partial charge in [0, 0.05) is 41.4 Å². The van der Waals surface area contributed by atoms with Crippen LogP contribution in [0.5, 0.6) is 0 Å². The van der Waals surface area contributed by atoms with Gasteiger partial charge in [0.2, 0.25) is 0 Å². The summed E-state index contributed by atoms with van der Waals surface area (Å²) in [5.41, 5.74) is 2.92. The lowest BCUT2D eigenvalue weighted by molar-refractivity contribution is 0.0526. The van der Waals surface area contributed by atoms with Gasteiger partial charge in [-0.2, -0.15) is 0 Å². The number of ether oxygens (including phenoxy) is 1. The molecule has 4 rings (SSSR count). The zero-order chi connectivity index (χ0) is 23.8. The Balaban J connectivity index is 1.64. The highest BCUT2D eigenvalue weighted by molar-refractivity contribution is 6.42. The second-order valence-corrected chi connectivity index (χ2v) is 9.84. The van der Waals surface area contributed by atoms with Crippen molar-refractivity contribution >= 4 is 74.2 Å². The zero-order valence-electron chi connectivity index (χ0n) is 18.4. The van der Waals surface area contributed by atoms with E-state index >= 15 is 0 Å². The molecular weight excluding hydrogens is 483 g/mol. The topological polar surface area (TPSA) is 68.2 Å². The minimum Gasteiger partial charge on any atom is -0.444 e. The molecule has 4 aromatic rings. The van der Waals surface area contributed by atoms with Crippen molar-refractivity contribution in [2.24, 2.45) is 0 Å². The van der Waals surface area contributed by atoms with Gasteiger partial charge in [0.1, 0.15) is 11.2 Å². The predicted octanol–water partition coefficient (Wildman–Crippen LogP) is 7.42. The molecule has 33 heavy (non-hydrogen) atoms. The van der Waals surface area contributed by atoms with E-state index in [0.29, 0.717) is 28.2 Å². The SMILES string of the molecule is CC(C)(C)OC(=O)NCCn1c2ccc(Nc3ccc(Cl)c(Cl)c3)cc2c2cc(Cl)cnc21. The van der Waals surface area contributed by atoms with Crippen molar-refractivity contribution in [1.29, 1.82) is 0 Å². The summed E-state index contributed by atoms with van der Waals surface area (Å²) in [7, 11) is 0. The molecule has 0 bridgehead atoms. The van der Waals surface area contributed by atoms with Crippen molar-refractivity contribution in [3.05, 3.63) is 63.7 Å². The van der Waals surface area contributed by atoms with Crippen LogP contribution < -0.4 is 10.6 Å². The fourth-order valence-corrected chi connectivity index (χ4v) is 4.03. The first-order valence-electron chi connectivity index (χ1n) is 10.4. The molecule has 0 aliphatic heterocycles. The number of carbonyl (C=O) groups is 1. The number of hydrogen-bond acceptors (Lipinski definition) is 4. The minimum atomic E-state index is -0.549. The maximum Gasteiger partial charge on any atom is 0.407 e. The first kappa shape index (κ1) is 23.5. The van der Waals surface area contributed by atoms with Gasteiger partial charge in [-0.15, -0.1) is 0 Å². The Morgan fingerprint density at radius 2 is 1.73 bits per heavy atom. The van der Waals surface area contributed by atoms with E-state index in [4.69, 9.17) is 39.5 Å². The van der Waals surface area contributed by atoms with Gasteiger partial charge in [-0.05, 0) is 63.2 Å².